The van der Waals surface area contributed by atoms with Gasteiger partial charge in [0.2, 0.25) is 0 Å². The molecule has 0 N–H and O–H groups in total. The number of rotatable bonds is 0. The quantitative estimate of drug-likeness (QED) is 0.263. The Morgan fingerprint density at radius 1 is 0.909 bits per heavy atom. The molecule has 62 valence electrons. The van der Waals surface area contributed by atoms with Crippen molar-refractivity contribution < 1.29 is 34.6 Å². The summed E-state index contributed by atoms with van der Waals surface area (Å²) in [6.45, 7) is 0. The summed E-state index contributed by atoms with van der Waals surface area (Å²) < 4.78 is 47.7. The molecule has 0 fully saturated rings. The van der Waals surface area contributed by atoms with Crippen LogP contribution in [-0.2, 0) is 17.1 Å². The molecule has 0 heterocycles. The molecule has 0 saturated heterocycles. The topological polar surface area (TPSA) is 0 Å². The first-order valence-corrected chi connectivity index (χ1v) is 2.33. The van der Waals surface area contributed by atoms with Gasteiger partial charge >= 0.3 is 0 Å². The maximum Gasteiger partial charge on any atom is 0.0481 e. The van der Waals surface area contributed by atoms with Crippen LogP contribution in [0.2, 0.25) is 0 Å². The Morgan fingerprint density at radius 3 is 1.55 bits per heavy atom. The Hall–Kier alpha value is -0.541. The van der Waals surface area contributed by atoms with Crippen LogP contribution in [0.25, 0.3) is 0 Å². The minimum absolute atomic E-state index is 0. The van der Waals surface area contributed by atoms with Crippen LogP contribution < -0.4 is 0 Å². The molecule has 0 bridgehead atoms. The van der Waals surface area contributed by atoms with Gasteiger partial charge in [-0.15, -0.1) is 6.07 Å². The van der Waals surface area contributed by atoms with E-state index in [0.29, 0.717) is 0 Å². The van der Waals surface area contributed by atoms with Gasteiger partial charge < -0.3 is 0 Å². The van der Waals surface area contributed by atoms with Gasteiger partial charge in [0.25, 0.3) is 0 Å². The molecule has 0 aliphatic rings. The molecule has 0 aliphatic heterocycles. The number of halogens is 4. The van der Waals surface area contributed by atoms with Gasteiger partial charge in [0.1, 0.15) is 0 Å². The molecule has 0 atom stereocenters. The number of benzene rings is 1. The SMILES string of the molecule is Fc1[c-]c(F)c(F)cc1F.[Fe]. The van der Waals surface area contributed by atoms with Crippen molar-refractivity contribution in [3.05, 3.63) is 35.4 Å². The van der Waals surface area contributed by atoms with E-state index in [4.69, 9.17) is 0 Å². The summed E-state index contributed by atoms with van der Waals surface area (Å²) in [5.74, 6) is -5.92. The molecule has 0 spiro atoms. The van der Waals surface area contributed by atoms with Crippen LogP contribution >= 0.6 is 0 Å². The van der Waals surface area contributed by atoms with E-state index in [1.165, 1.54) is 6.07 Å². The second-order valence-electron chi connectivity index (χ2n) is 1.59. The van der Waals surface area contributed by atoms with Crippen molar-refractivity contribution in [3.8, 4) is 0 Å². The van der Waals surface area contributed by atoms with E-state index < -0.39 is 23.3 Å². The summed E-state index contributed by atoms with van der Waals surface area (Å²) >= 11 is 0. The average Bonchev–Trinajstić information content (AvgIpc) is 1.84. The molecule has 0 nitrogen and oxygen atoms in total. The largest absolute Gasteiger partial charge is 0.281 e. The summed E-state index contributed by atoms with van der Waals surface area (Å²) in [6, 6.07) is 1.35. The second kappa shape index (κ2) is 3.74. The Balaban J connectivity index is 0.000001000. The minimum Gasteiger partial charge on any atom is -0.281 e. The number of hydrogen-bond donors (Lipinski definition) is 0. The molecule has 5 heteroatoms. The first-order chi connectivity index (χ1) is 4.61. The molecule has 0 saturated carbocycles. The molecule has 11 heavy (non-hydrogen) atoms. The predicted molar refractivity (Wildman–Crippen MR) is 25.1 cm³/mol. The van der Waals surface area contributed by atoms with Gasteiger partial charge in [0.05, 0.1) is 0 Å². The zero-order valence-corrected chi connectivity index (χ0v) is 6.05. The molecule has 0 unspecified atom stereocenters. The van der Waals surface area contributed by atoms with Crippen LogP contribution in [0.4, 0.5) is 17.6 Å². The molecule has 0 aromatic heterocycles. The molecule has 1 aromatic rings. The standard InChI is InChI=1S/C6HF4.Fe/c7-3-1-4(8)6(10)2-5(3)9;/h1H;/q-1;. The summed E-state index contributed by atoms with van der Waals surface area (Å²) in [5.41, 5.74) is 0. The fraction of sp³-hybridized carbons (Fsp3) is 0. The van der Waals surface area contributed by atoms with Gasteiger partial charge in [-0.2, -0.15) is 0 Å². The Bertz CT molecular complexity index is 211. The molecule has 0 radical (unpaired) electrons. The summed E-state index contributed by atoms with van der Waals surface area (Å²) in [6.07, 6.45) is 0. The van der Waals surface area contributed by atoms with E-state index in [9.17, 15) is 17.6 Å². The van der Waals surface area contributed by atoms with Crippen LogP contribution in [0.15, 0.2) is 6.07 Å². The molecule has 1 aromatic carbocycles. The maximum atomic E-state index is 11.9. The summed E-state index contributed by atoms with van der Waals surface area (Å²) in [5, 5.41) is 0. The molecular weight excluding hydrogens is 204 g/mol. The van der Waals surface area contributed by atoms with Crippen LogP contribution in [0, 0.1) is 29.3 Å². The van der Waals surface area contributed by atoms with E-state index in [1.807, 2.05) is 0 Å². The fourth-order valence-electron chi connectivity index (χ4n) is 0.454. The number of hydrogen-bond acceptors (Lipinski definition) is 0. The van der Waals surface area contributed by atoms with Crippen LogP contribution in [0.5, 0.6) is 0 Å². The molecule has 0 amide bonds. The summed E-state index contributed by atoms with van der Waals surface area (Å²) in [7, 11) is 0. The third-order valence-electron chi connectivity index (χ3n) is 0.892. The van der Waals surface area contributed by atoms with Crippen LogP contribution in [0.1, 0.15) is 0 Å². The fourth-order valence-corrected chi connectivity index (χ4v) is 0.454. The Labute approximate surface area is 70.7 Å². The van der Waals surface area contributed by atoms with Crippen molar-refractivity contribution in [3.63, 3.8) is 0 Å². The van der Waals surface area contributed by atoms with E-state index in [-0.39, 0.29) is 23.1 Å². The Kier molecular flexibility index (Phi) is 3.55. The van der Waals surface area contributed by atoms with Gasteiger partial charge in [-0.25, -0.2) is 8.78 Å². The zero-order chi connectivity index (χ0) is 7.72. The zero-order valence-electron chi connectivity index (χ0n) is 4.94. The van der Waals surface area contributed by atoms with Gasteiger partial charge in [-0.1, -0.05) is 6.07 Å². The van der Waals surface area contributed by atoms with Crippen molar-refractivity contribution >= 4 is 0 Å². The van der Waals surface area contributed by atoms with Gasteiger partial charge in [-0.05, 0) is 0 Å². The third kappa shape index (κ3) is 2.20. The van der Waals surface area contributed by atoms with Crippen LogP contribution in [-0.4, -0.2) is 0 Å². The first-order valence-electron chi connectivity index (χ1n) is 2.33. The monoisotopic (exact) mass is 205 g/mol. The first kappa shape index (κ1) is 10.5. The van der Waals surface area contributed by atoms with Crippen molar-refractivity contribution in [2.75, 3.05) is 0 Å². The molecular formula is C6HF4Fe-. The van der Waals surface area contributed by atoms with E-state index in [1.54, 1.807) is 0 Å². The second-order valence-corrected chi connectivity index (χ2v) is 1.59. The van der Waals surface area contributed by atoms with Gasteiger partial charge in [-0.3, -0.25) is 8.78 Å². The van der Waals surface area contributed by atoms with E-state index >= 15 is 0 Å². The Morgan fingerprint density at radius 2 is 1.27 bits per heavy atom. The van der Waals surface area contributed by atoms with Crippen molar-refractivity contribution in [1.29, 1.82) is 0 Å². The van der Waals surface area contributed by atoms with Gasteiger partial charge in [0, 0.05) is 40.3 Å². The van der Waals surface area contributed by atoms with E-state index in [0.717, 1.165) is 0 Å². The van der Waals surface area contributed by atoms with Gasteiger partial charge in [0.15, 0.2) is 0 Å². The van der Waals surface area contributed by atoms with Crippen LogP contribution in [0.3, 0.4) is 0 Å². The average molecular weight is 205 g/mol. The van der Waals surface area contributed by atoms with E-state index in [2.05, 4.69) is 0 Å². The van der Waals surface area contributed by atoms with Crippen molar-refractivity contribution in [2.45, 2.75) is 0 Å². The third-order valence-corrected chi connectivity index (χ3v) is 0.892. The van der Waals surface area contributed by atoms with Crippen molar-refractivity contribution in [1.82, 2.24) is 0 Å². The smallest absolute Gasteiger partial charge is 0.0481 e. The minimum atomic E-state index is -1.51. The molecule has 0 aliphatic carbocycles. The maximum absolute atomic E-state index is 11.9. The van der Waals surface area contributed by atoms with Crippen molar-refractivity contribution in [2.24, 2.45) is 0 Å². The normalized spacial score (nSPS) is 9.09. The molecule has 1 rings (SSSR count). The summed E-state index contributed by atoms with van der Waals surface area (Å²) in [4.78, 5) is 0. The predicted octanol–water partition coefficient (Wildman–Crippen LogP) is 2.04.